The lowest BCUT2D eigenvalue weighted by atomic mass is 10.1. The molecule has 2 amide bonds. The van der Waals surface area contributed by atoms with Gasteiger partial charge in [-0.2, -0.15) is 0 Å². The van der Waals surface area contributed by atoms with Crippen LogP contribution in [-0.4, -0.2) is 12.6 Å². The molecule has 1 aliphatic rings. The van der Waals surface area contributed by atoms with Crippen LogP contribution in [0.5, 0.6) is 0 Å². The summed E-state index contributed by atoms with van der Waals surface area (Å²) in [5.74, 6) is 0.758. The van der Waals surface area contributed by atoms with Crippen LogP contribution < -0.4 is 10.6 Å². The van der Waals surface area contributed by atoms with E-state index in [0.717, 1.165) is 34.7 Å². The van der Waals surface area contributed by atoms with Gasteiger partial charge in [0.05, 0.1) is 18.0 Å². The molecule has 1 heterocycles. The zero-order valence-corrected chi connectivity index (χ0v) is 12.5. The van der Waals surface area contributed by atoms with Gasteiger partial charge in [-0.1, -0.05) is 37.3 Å². The highest BCUT2D eigenvalue weighted by Gasteiger charge is 2.25. The topological polar surface area (TPSA) is 55.6 Å². The summed E-state index contributed by atoms with van der Waals surface area (Å²) >= 11 is 0. The van der Waals surface area contributed by atoms with Gasteiger partial charge in [-0.15, -0.1) is 0 Å². The Morgan fingerprint density at radius 2 is 1.77 bits per heavy atom. The van der Waals surface area contributed by atoms with Crippen molar-refractivity contribution in [3.05, 3.63) is 59.7 Å². The maximum absolute atomic E-state index is 12.0. The van der Waals surface area contributed by atoms with Gasteiger partial charge in [0, 0.05) is 11.1 Å². The van der Waals surface area contributed by atoms with E-state index in [-0.39, 0.29) is 0 Å². The second kappa shape index (κ2) is 5.93. The smallest absolute Gasteiger partial charge is 0.323 e. The van der Waals surface area contributed by atoms with E-state index in [2.05, 4.69) is 6.92 Å². The number of carbonyl (C=O) groups excluding carboxylic acids is 1. The molecular weight excluding hydrogens is 276 g/mol. The minimum atomic E-state index is -0.509. The number of amides is 2. The largest absolute Gasteiger partial charge is 0.493 e. The van der Waals surface area contributed by atoms with E-state index in [0.29, 0.717) is 6.61 Å². The molecule has 0 spiro atoms. The van der Waals surface area contributed by atoms with Crippen molar-refractivity contribution in [1.29, 1.82) is 0 Å². The predicted molar refractivity (Wildman–Crippen MR) is 88.7 cm³/mol. The molecule has 0 atom stereocenters. The van der Waals surface area contributed by atoms with Crippen LogP contribution in [0.4, 0.5) is 16.2 Å². The molecule has 0 unspecified atom stereocenters. The van der Waals surface area contributed by atoms with Crippen molar-refractivity contribution in [2.45, 2.75) is 13.3 Å². The molecule has 1 aliphatic heterocycles. The molecule has 4 nitrogen and oxygen atoms in total. The third-order valence-electron chi connectivity index (χ3n) is 3.56. The average Bonchev–Trinajstić information content (AvgIpc) is 2.67. The summed E-state index contributed by atoms with van der Waals surface area (Å²) in [7, 11) is 0. The molecule has 0 aromatic heterocycles. The Kier molecular flexibility index (Phi) is 3.83. The number of hydrogen-bond donors (Lipinski definition) is 1. The number of nitrogens with zero attached hydrogens (tertiary/aromatic N) is 1. The lowest BCUT2D eigenvalue weighted by Crippen LogP contribution is -2.32. The number of primary amides is 1. The van der Waals surface area contributed by atoms with Crippen molar-refractivity contribution in [2.24, 2.45) is 5.73 Å². The second-order valence-electron chi connectivity index (χ2n) is 5.11. The third kappa shape index (κ3) is 2.44. The minimum absolute atomic E-state index is 0.509. The number of rotatable bonds is 3. The van der Waals surface area contributed by atoms with Gasteiger partial charge < -0.3 is 10.5 Å². The van der Waals surface area contributed by atoms with Crippen LogP contribution in [0.2, 0.25) is 0 Å². The molecule has 2 aromatic carbocycles. The number of hydrogen-bond acceptors (Lipinski definition) is 2. The molecule has 2 aromatic rings. The standard InChI is InChI=1S/C18H18N2O2/c1-2-11-22-17-12-13-7-3-5-9-15(13)20(18(19)21)16-10-6-4-8-14(16)17/h3-10,12H,2,11H2,1H3,(H2,19,21). The van der Waals surface area contributed by atoms with Crippen LogP contribution in [0.1, 0.15) is 24.5 Å². The number of para-hydroxylation sites is 2. The Labute approximate surface area is 129 Å². The Morgan fingerprint density at radius 1 is 1.09 bits per heavy atom. The zero-order valence-electron chi connectivity index (χ0n) is 12.5. The van der Waals surface area contributed by atoms with Crippen molar-refractivity contribution < 1.29 is 9.53 Å². The number of ether oxygens (including phenoxy) is 1. The van der Waals surface area contributed by atoms with Crippen molar-refractivity contribution in [3.8, 4) is 0 Å². The van der Waals surface area contributed by atoms with Gasteiger partial charge in [0.2, 0.25) is 0 Å². The second-order valence-corrected chi connectivity index (χ2v) is 5.11. The molecule has 22 heavy (non-hydrogen) atoms. The van der Waals surface area contributed by atoms with E-state index in [1.807, 2.05) is 54.6 Å². The van der Waals surface area contributed by atoms with Crippen LogP contribution in [-0.2, 0) is 4.74 Å². The Hall–Kier alpha value is -2.75. The molecule has 112 valence electrons. The fraction of sp³-hybridized carbons (Fsp3) is 0.167. The molecule has 0 saturated carbocycles. The molecule has 0 aliphatic carbocycles. The molecule has 0 saturated heterocycles. The van der Waals surface area contributed by atoms with Crippen molar-refractivity contribution >= 4 is 29.2 Å². The van der Waals surface area contributed by atoms with Gasteiger partial charge in [0.25, 0.3) is 0 Å². The van der Waals surface area contributed by atoms with Crippen molar-refractivity contribution in [3.63, 3.8) is 0 Å². The quantitative estimate of drug-likeness (QED) is 0.924. The predicted octanol–water partition coefficient (Wildman–Crippen LogP) is 4.14. The van der Waals surface area contributed by atoms with Gasteiger partial charge in [-0.05, 0) is 30.7 Å². The Bertz CT molecular complexity index is 737. The highest BCUT2D eigenvalue weighted by atomic mass is 16.5. The van der Waals surface area contributed by atoms with E-state index in [1.165, 1.54) is 4.90 Å². The number of anilines is 2. The summed E-state index contributed by atoms with van der Waals surface area (Å²) in [4.78, 5) is 13.6. The van der Waals surface area contributed by atoms with E-state index >= 15 is 0 Å². The van der Waals surface area contributed by atoms with Gasteiger partial charge in [0.15, 0.2) is 0 Å². The average molecular weight is 294 g/mol. The molecule has 2 N–H and O–H groups in total. The Morgan fingerprint density at radius 3 is 2.50 bits per heavy atom. The Balaban J connectivity index is 2.24. The summed E-state index contributed by atoms with van der Waals surface area (Å²) in [6.45, 7) is 2.69. The van der Waals surface area contributed by atoms with E-state index in [1.54, 1.807) is 0 Å². The van der Waals surface area contributed by atoms with Crippen LogP contribution in [0.25, 0.3) is 11.8 Å². The van der Waals surface area contributed by atoms with Crippen LogP contribution >= 0.6 is 0 Å². The van der Waals surface area contributed by atoms with Crippen molar-refractivity contribution in [2.75, 3.05) is 11.5 Å². The fourth-order valence-electron chi connectivity index (χ4n) is 2.61. The molecule has 0 bridgehead atoms. The number of fused-ring (bicyclic) bond motifs is 2. The van der Waals surface area contributed by atoms with Crippen LogP contribution in [0, 0.1) is 0 Å². The highest BCUT2D eigenvalue weighted by molar-refractivity contribution is 6.06. The minimum Gasteiger partial charge on any atom is -0.493 e. The lowest BCUT2D eigenvalue weighted by Gasteiger charge is -2.23. The molecule has 3 rings (SSSR count). The maximum Gasteiger partial charge on any atom is 0.323 e. The first-order valence-corrected chi connectivity index (χ1v) is 7.35. The fourth-order valence-corrected chi connectivity index (χ4v) is 2.61. The summed E-state index contributed by atoms with van der Waals surface area (Å²) in [5.41, 5.74) is 8.91. The monoisotopic (exact) mass is 294 g/mol. The van der Waals surface area contributed by atoms with Crippen LogP contribution in [0.15, 0.2) is 48.5 Å². The summed E-state index contributed by atoms with van der Waals surface area (Å²) < 4.78 is 5.91. The lowest BCUT2D eigenvalue weighted by molar-refractivity contribution is 0.256. The first-order chi connectivity index (χ1) is 10.7. The molecule has 4 heteroatoms. The maximum atomic E-state index is 12.0. The van der Waals surface area contributed by atoms with Crippen molar-refractivity contribution in [1.82, 2.24) is 0 Å². The normalized spacial score (nSPS) is 12.8. The SMILES string of the molecule is CCCOC1=Cc2ccccc2N(C(N)=O)c2ccccc21. The highest BCUT2D eigenvalue weighted by Crippen LogP contribution is 2.39. The first kappa shape index (κ1) is 14.2. The number of carbonyl (C=O) groups is 1. The molecule has 0 radical (unpaired) electrons. The molecule has 0 fully saturated rings. The van der Waals surface area contributed by atoms with Gasteiger partial charge in [0.1, 0.15) is 5.76 Å². The van der Waals surface area contributed by atoms with E-state index in [4.69, 9.17) is 10.5 Å². The summed E-state index contributed by atoms with van der Waals surface area (Å²) in [6, 6.07) is 14.8. The number of urea groups is 1. The van der Waals surface area contributed by atoms with E-state index in [9.17, 15) is 4.79 Å². The zero-order chi connectivity index (χ0) is 15.5. The van der Waals surface area contributed by atoms with Crippen LogP contribution in [0.3, 0.4) is 0 Å². The molecular formula is C18H18N2O2. The number of nitrogens with two attached hydrogens (primary N) is 1. The summed E-state index contributed by atoms with van der Waals surface area (Å²) in [6.07, 6.45) is 2.88. The van der Waals surface area contributed by atoms with Gasteiger partial charge in [-0.25, -0.2) is 4.79 Å². The summed E-state index contributed by atoms with van der Waals surface area (Å²) in [5, 5.41) is 0. The third-order valence-corrected chi connectivity index (χ3v) is 3.56. The van der Waals surface area contributed by atoms with E-state index < -0.39 is 6.03 Å². The first-order valence-electron chi connectivity index (χ1n) is 7.35. The van der Waals surface area contributed by atoms with Gasteiger partial charge in [-0.3, -0.25) is 4.90 Å². The van der Waals surface area contributed by atoms with Gasteiger partial charge >= 0.3 is 6.03 Å². The number of benzene rings is 2.